The molecule has 0 aromatic heterocycles. The van der Waals surface area contributed by atoms with E-state index in [0.717, 1.165) is 18.1 Å². The van der Waals surface area contributed by atoms with Crippen molar-refractivity contribution in [3.63, 3.8) is 0 Å². The predicted octanol–water partition coefficient (Wildman–Crippen LogP) is 3.58. The minimum Gasteiger partial charge on any atom is -0.492 e. The lowest BCUT2D eigenvalue weighted by atomic mass is 10.2. The topological polar surface area (TPSA) is 45.7 Å². The van der Waals surface area contributed by atoms with Gasteiger partial charge in [-0.1, -0.05) is 36.4 Å². The van der Waals surface area contributed by atoms with E-state index in [9.17, 15) is 4.39 Å². The largest absolute Gasteiger partial charge is 0.492 e. The Morgan fingerprint density at radius 2 is 1.88 bits per heavy atom. The van der Waals surface area contributed by atoms with Crippen LogP contribution in [0.2, 0.25) is 0 Å². The number of nitrogens with one attached hydrogen (secondary N) is 2. The summed E-state index contributed by atoms with van der Waals surface area (Å²) in [5.74, 6) is 0.963. The van der Waals surface area contributed by atoms with E-state index in [4.69, 9.17) is 4.74 Å². The van der Waals surface area contributed by atoms with Crippen LogP contribution in [0.25, 0.3) is 0 Å². The lowest BCUT2D eigenvalue weighted by Crippen LogP contribution is -2.39. The Kier molecular flexibility index (Phi) is 9.83. The molecule has 0 bridgehead atoms. The highest BCUT2D eigenvalue weighted by atomic mass is 127. The smallest absolute Gasteiger partial charge is 0.191 e. The summed E-state index contributed by atoms with van der Waals surface area (Å²) in [6, 6.07) is 16.2. The first-order valence-electron chi connectivity index (χ1n) is 7.72. The maximum Gasteiger partial charge on any atom is 0.191 e. The maximum absolute atomic E-state index is 13.0. The van der Waals surface area contributed by atoms with E-state index in [1.165, 1.54) is 12.1 Å². The van der Waals surface area contributed by atoms with E-state index in [-0.39, 0.29) is 29.8 Å². The molecule has 0 spiro atoms. The van der Waals surface area contributed by atoms with Crippen molar-refractivity contribution in [2.45, 2.75) is 13.5 Å². The third kappa shape index (κ3) is 7.63. The Morgan fingerprint density at radius 3 is 2.58 bits per heavy atom. The molecule has 2 aromatic rings. The fourth-order valence-electron chi connectivity index (χ4n) is 1.99. The Labute approximate surface area is 159 Å². The van der Waals surface area contributed by atoms with Crippen molar-refractivity contribution in [1.82, 2.24) is 10.6 Å². The zero-order valence-electron chi connectivity index (χ0n) is 13.7. The Balaban J connectivity index is 0.00000288. The Morgan fingerprint density at radius 1 is 1.08 bits per heavy atom. The molecule has 0 radical (unpaired) electrons. The Hall–Kier alpha value is -1.83. The second-order valence-electron chi connectivity index (χ2n) is 4.91. The molecule has 4 nitrogen and oxygen atoms in total. The highest BCUT2D eigenvalue weighted by Crippen LogP contribution is 2.11. The van der Waals surface area contributed by atoms with E-state index in [2.05, 4.69) is 15.6 Å². The van der Waals surface area contributed by atoms with E-state index in [0.29, 0.717) is 25.4 Å². The van der Waals surface area contributed by atoms with E-state index < -0.39 is 0 Å². The van der Waals surface area contributed by atoms with Gasteiger partial charge in [0, 0.05) is 12.6 Å². The number of hydrogen-bond donors (Lipinski definition) is 2. The summed E-state index contributed by atoms with van der Waals surface area (Å²) in [5.41, 5.74) is 1.15. The lowest BCUT2D eigenvalue weighted by molar-refractivity contribution is 0.320. The lowest BCUT2D eigenvalue weighted by Gasteiger charge is -2.12. The molecule has 0 saturated carbocycles. The molecule has 0 saturated heterocycles. The third-order valence-corrected chi connectivity index (χ3v) is 3.07. The van der Waals surface area contributed by atoms with Crippen LogP contribution in [-0.4, -0.2) is 25.7 Å². The van der Waals surface area contributed by atoms with Gasteiger partial charge in [-0.05, 0) is 24.6 Å². The van der Waals surface area contributed by atoms with Crippen molar-refractivity contribution in [2.75, 3.05) is 19.7 Å². The average molecular weight is 443 g/mol. The monoisotopic (exact) mass is 443 g/mol. The first-order valence-corrected chi connectivity index (χ1v) is 7.72. The molecule has 0 fully saturated rings. The van der Waals surface area contributed by atoms with E-state index in [1.807, 2.05) is 37.3 Å². The van der Waals surface area contributed by atoms with Crippen molar-refractivity contribution in [3.8, 4) is 5.75 Å². The molecule has 0 unspecified atom stereocenters. The molecule has 6 heteroatoms. The van der Waals surface area contributed by atoms with Gasteiger partial charge in [0.2, 0.25) is 0 Å². The number of halogens is 2. The highest BCUT2D eigenvalue weighted by molar-refractivity contribution is 14.0. The predicted molar refractivity (Wildman–Crippen MR) is 107 cm³/mol. The zero-order valence-corrected chi connectivity index (χ0v) is 16.0. The highest BCUT2D eigenvalue weighted by Gasteiger charge is 1.99. The van der Waals surface area contributed by atoms with Gasteiger partial charge < -0.3 is 15.4 Å². The summed E-state index contributed by atoms with van der Waals surface area (Å²) in [6.07, 6.45) is 0. The van der Waals surface area contributed by atoms with Gasteiger partial charge in [-0.15, -0.1) is 24.0 Å². The van der Waals surface area contributed by atoms with Crippen LogP contribution in [-0.2, 0) is 6.54 Å². The molecule has 0 atom stereocenters. The average Bonchev–Trinajstić information content (AvgIpc) is 2.57. The molecular weight excluding hydrogens is 420 g/mol. The van der Waals surface area contributed by atoms with Crippen molar-refractivity contribution in [3.05, 3.63) is 66.0 Å². The van der Waals surface area contributed by atoms with Gasteiger partial charge in [-0.2, -0.15) is 0 Å². The number of hydrogen-bond acceptors (Lipinski definition) is 2. The minimum atomic E-state index is -0.298. The number of ether oxygens (including phenoxy) is 1. The quantitative estimate of drug-likeness (QED) is 0.298. The number of aliphatic imine (C=N–C) groups is 1. The molecule has 130 valence electrons. The summed E-state index contributed by atoms with van der Waals surface area (Å²) in [7, 11) is 0. The molecular formula is C18H23FIN3O. The summed E-state index contributed by atoms with van der Waals surface area (Å²) in [5, 5.41) is 6.38. The van der Waals surface area contributed by atoms with Crippen molar-refractivity contribution >= 4 is 29.9 Å². The number of guanidine groups is 1. The molecule has 24 heavy (non-hydrogen) atoms. The van der Waals surface area contributed by atoms with Gasteiger partial charge in [-0.25, -0.2) is 9.38 Å². The second kappa shape index (κ2) is 11.7. The van der Waals surface area contributed by atoms with Crippen LogP contribution in [0.1, 0.15) is 12.5 Å². The molecule has 2 N–H and O–H groups in total. The first kappa shape index (κ1) is 20.2. The summed E-state index contributed by atoms with van der Waals surface area (Å²) >= 11 is 0. The number of nitrogens with zero attached hydrogens (tertiary/aromatic N) is 1. The van der Waals surface area contributed by atoms with Crippen LogP contribution < -0.4 is 15.4 Å². The molecule has 0 aliphatic heterocycles. The fourth-order valence-corrected chi connectivity index (χ4v) is 1.99. The van der Waals surface area contributed by atoms with Gasteiger partial charge in [0.05, 0.1) is 13.1 Å². The molecule has 0 aliphatic carbocycles. The van der Waals surface area contributed by atoms with Crippen LogP contribution in [0, 0.1) is 5.82 Å². The molecule has 2 aromatic carbocycles. The van der Waals surface area contributed by atoms with Gasteiger partial charge in [0.15, 0.2) is 5.96 Å². The molecule has 0 heterocycles. The number of rotatable bonds is 7. The fraction of sp³-hybridized carbons (Fsp3) is 0.278. The summed E-state index contributed by atoms with van der Waals surface area (Å²) in [4.78, 5) is 4.52. The maximum atomic E-state index is 13.0. The standard InChI is InChI=1S/C18H22FN3O.HI/c1-2-20-18(22-14-15-7-4-3-5-8-15)21-11-12-23-17-10-6-9-16(19)13-17;/h3-10,13H,2,11-12,14H2,1H3,(H2,20,21,22);1H. The SMILES string of the molecule is CCNC(=NCc1ccccc1)NCCOc1cccc(F)c1.I. The van der Waals surface area contributed by atoms with Gasteiger partial charge in [0.1, 0.15) is 18.2 Å². The van der Waals surface area contributed by atoms with Crippen LogP contribution >= 0.6 is 24.0 Å². The van der Waals surface area contributed by atoms with Gasteiger partial charge in [0.25, 0.3) is 0 Å². The van der Waals surface area contributed by atoms with Gasteiger partial charge >= 0.3 is 0 Å². The zero-order chi connectivity index (χ0) is 16.3. The minimum absolute atomic E-state index is 0. The third-order valence-electron chi connectivity index (χ3n) is 3.07. The molecule has 0 amide bonds. The normalized spacial score (nSPS) is 10.7. The van der Waals surface area contributed by atoms with Crippen LogP contribution in [0.5, 0.6) is 5.75 Å². The van der Waals surface area contributed by atoms with Gasteiger partial charge in [-0.3, -0.25) is 0 Å². The summed E-state index contributed by atoms with van der Waals surface area (Å²) < 4.78 is 18.5. The van der Waals surface area contributed by atoms with Crippen LogP contribution in [0.3, 0.4) is 0 Å². The summed E-state index contributed by atoms with van der Waals surface area (Å²) in [6.45, 7) is 4.42. The van der Waals surface area contributed by atoms with Crippen LogP contribution in [0.15, 0.2) is 59.6 Å². The van der Waals surface area contributed by atoms with Crippen molar-refractivity contribution in [1.29, 1.82) is 0 Å². The van der Waals surface area contributed by atoms with Crippen molar-refractivity contribution < 1.29 is 9.13 Å². The van der Waals surface area contributed by atoms with E-state index in [1.54, 1.807) is 12.1 Å². The Bertz CT molecular complexity index is 623. The van der Waals surface area contributed by atoms with Crippen molar-refractivity contribution in [2.24, 2.45) is 4.99 Å². The second-order valence-corrected chi connectivity index (χ2v) is 4.91. The number of benzene rings is 2. The van der Waals surface area contributed by atoms with E-state index >= 15 is 0 Å². The molecule has 2 rings (SSSR count). The molecule has 0 aliphatic rings. The first-order chi connectivity index (χ1) is 11.3. The van der Waals surface area contributed by atoms with Crippen LogP contribution in [0.4, 0.5) is 4.39 Å².